The first-order valence-electron chi connectivity index (χ1n) is 8.76. The van der Waals surface area contributed by atoms with Gasteiger partial charge in [-0.25, -0.2) is 4.79 Å². The van der Waals surface area contributed by atoms with E-state index in [1.807, 2.05) is 20.8 Å². The molecule has 1 aromatic carbocycles. The zero-order valence-corrected chi connectivity index (χ0v) is 18.4. The van der Waals surface area contributed by atoms with Crippen molar-refractivity contribution in [1.29, 1.82) is 0 Å². The van der Waals surface area contributed by atoms with E-state index in [1.54, 1.807) is 18.2 Å². The number of carbonyl (C=O) groups is 1. The van der Waals surface area contributed by atoms with Gasteiger partial charge in [-0.2, -0.15) is 0 Å². The first kappa shape index (κ1) is 22.9. The minimum atomic E-state index is -1.54. The van der Waals surface area contributed by atoms with Crippen LogP contribution in [0.2, 0.25) is 10.0 Å². The normalized spacial score (nSPS) is 18.9. The molecule has 1 aliphatic rings. The maximum Gasteiger partial charge on any atom is 0.407 e. The molecular formula is C19H24Cl2N2O4S. The predicted molar refractivity (Wildman–Crippen MR) is 114 cm³/mol. The van der Waals surface area contributed by atoms with Crippen LogP contribution in [0.1, 0.15) is 32.8 Å². The lowest BCUT2D eigenvalue weighted by molar-refractivity contribution is 0.155. The molecule has 0 aliphatic carbocycles. The summed E-state index contributed by atoms with van der Waals surface area (Å²) >= 11 is 10.8. The SMILES string of the molecule is C=CCOc1cc(Cl)c(Cl)cc1/C(=N/[S+]([O-])C(C)(C)C)[C@@H]1CCN(C(=O)O)C1. The van der Waals surface area contributed by atoms with Gasteiger partial charge in [-0.1, -0.05) is 40.3 Å². The molecule has 0 saturated carbocycles. The molecule has 0 spiro atoms. The average Bonchev–Trinajstić information content (AvgIpc) is 3.09. The van der Waals surface area contributed by atoms with Gasteiger partial charge in [-0.3, -0.25) is 0 Å². The number of nitrogens with zero attached hydrogens (tertiary/aromatic N) is 2. The number of benzene rings is 1. The Balaban J connectivity index is 2.56. The zero-order chi connectivity index (χ0) is 21.1. The molecule has 1 heterocycles. The summed E-state index contributed by atoms with van der Waals surface area (Å²) in [5, 5.41) is 9.93. The van der Waals surface area contributed by atoms with Crippen molar-refractivity contribution in [3.63, 3.8) is 0 Å². The van der Waals surface area contributed by atoms with Crippen molar-refractivity contribution >= 4 is 46.4 Å². The molecule has 154 valence electrons. The lowest BCUT2D eigenvalue weighted by Crippen LogP contribution is -2.31. The molecule has 6 nitrogen and oxygen atoms in total. The van der Waals surface area contributed by atoms with E-state index in [0.717, 1.165) is 0 Å². The summed E-state index contributed by atoms with van der Waals surface area (Å²) in [5.41, 5.74) is 1.07. The van der Waals surface area contributed by atoms with Gasteiger partial charge in [0, 0.05) is 30.6 Å². The molecule has 0 radical (unpaired) electrons. The second kappa shape index (κ2) is 9.39. The Bertz CT molecular complexity index is 780. The highest BCUT2D eigenvalue weighted by molar-refractivity contribution is 7.91. The van der Waals surface area contributed by atoms with Gasteiger partial charge in [-0.15, -0.1) is 0 Å². The van der Waals surface area contributed by atoms with E-state index in [9.17, 15) is 14.5 Å². The monoisotopic (exact) mass is 446 g/mol. The van der Waals surface area contributed by atoms with Crippen LogP contribution in [0, 0.1) is 5.92 Å². The maximum atomic E-state index is 12.8. The highest BCUT2D eigenvalue weighted by atomic mass is 35.5. The molecular weight excluding hydrogens is 423 g/mol. The van der Waals surface area contributed by atoms with Crippen LogP contribution in [0.5, 0.6) is 5.75 Å². The lowest BCUT2D eigenvalue weighted by atomic mass is 9.95. The highest BCUT2D eigenvalue weighted by Crippen LogP contribution is 2.35. The first-order chi connectivity index (χ1) is 13.0. The van der Waals surface area contributed by atoms with Gasteiger partial charge in [0.2, 0.25) is 0 Å². The number of ether oxygens (including phenoxy) is 1. The summed E-state index contributed by atoms with van der Waals surface area (Å²) in [6.45, 7) is 10.0. The fraction of sp³-hybridized carbons (Fsp3) is 0.474. The number of likely N-dealkylation sites (tertiary alicyclic amines) is 1. The van der Waals surface area contributed by atoms with Gasteiger partial charge in [0.15, 0.2) is 0 Å². The standard InChI is InChI=1S/C19H24Cl2N2O4S/c1-5-8-27-16-10-15(21)14(20)9-13(16)17(22-28(26)19(2,3)4)12-6-7-23(11-12)18(24)25/h5,9-10,12H,1,6-8,11H2,2-4H3,(H,24,25)/b22-17+/t12-,28?/m1/s1. The Morgan fingerprint density at radius 2 is 2.11 bits per heavy atom. The van der Waals surface area contributed by atoms with E-state index >= 15 is 0 Å². The van der Waals surface area contributed by atoms with Crippen LogP contribution in [0.25, 0.3) is 0 Å². The quantitative estimate of drug-likeness (QED) is 0.385. The van der Waals surface area contributed by atoms with E-state index in [1.165, 1.54) is 4.90 Å². The van der Waals surface area contributed by atoms with E-state index in [0.29, 0.717) is 40.0 Å². The van der Waals surface area contributed by atoms with Crippen LogP contribution >= 0.6 is 23.2 Å². The number of carboxylic acid groups (broad SMARTS) is 1. The molecule has 1 fully saturated rings. The predicted octanol–water partition coefficient (Wildman–Crippen LogP) is 4.81. The molecule has 1 aromatic rings. The molecule has 28 heavy (non-hydrogen) atoms. The Hall–Kier alpha value is -1.41. The van der Waals surface area contributed by atoms with Gasteiger partial charge in [-0.05, 0) is 33.3 Å². The van der Waals surface area contributed by atoms with Crippen LogP contribution in [-0.2, 0) is 11.4 Å². The number of hydrogen-bond acceptors (Lipinski definition) is 4. The van der Waals surface area contributed by atoms with Gasteiger partial charge < -0.3 is 19.3 Å². The molecule has 1 N–H and O–H groups in total. The Morgan fingerprint density at radius 3 is 2.64 bits per heavy atom. The molecule has 2 rings (SSSR count). The summed E-state index contributed by atoms with van der Waals surface area (Å²) in [7, 11) is 0. The van der Waals surface area contributed by atoms with Crippen LogP contribution < -0.4 is 4.74 Å². The minimum Gasteiger partial charge on any atom is -0.591 e. The number of amides is 1. The topological polar surface area (TPSA) is 85.2 Å². The third kappa shape index (κ3) is 5.56. The zero-order valence-electron chi connectivity index (χ0n) is 16.1. The first-order valence-corrected chi connectivity index (χ1v) is 10.6. The van der Waals surface area contributed by atoms with E-state index in [-0.39, 0.29) is 19.1 Å². The molecule has 0 bridgehead atoms. The van der Waals surface area contributed by atoms with Crippen molar-refractivity contribution in [3.05, 3.63) is 40.4 Å². The van der Waals surface area contributed by atoms with E-state index in [4.69, 9.17) is 27.9 Å². The molecule has 1 aliphatic heterocycles. The number of halogens is 2. The van der Waals surface area contributed by atoms with Crippen molar-refractivity contribution in [3.8, 4) is 5.75 Å². The summed E-state index contributed by atoms with van der Waals surface area (Å²) in [5.74, 6) is 0.207. The van der Waals surface area contributed by atoms with Gasteiger partial charge in [0.25, 0.3) is 0 Å². The lowest BCUT2D eigenvalue weighted by Gasteiger charge is -2.22. The highest BCUT2D eigenvalue weighted by Gasteiger charge is 2.35. The molecule has 0 aromatic heterocycles. The third-order valence-electron chi connectivity index (χ3n) is 4.21. The molecule has 9 heteroatoms. The van der Waals surface area contributed by atoms with Gasteiger partial charge in [0.05, 0.1) is 10.0 Å². The van der Waals surface area contributed by atoms with Crippen molar-refractivity contribution in [2.24, 2.45) is 10.3 Å². The average molecular weight is 447 g/mol. The second-order valence-corrected chi connectivity index (χ2v) is 10.1. The summed E-state index contributed by atoms with van der Waals surface area (Å²) in [6.07, 6.45) is 1.17. The second-order valence-electron chi connectivity index (χ2n) is 7.41. The van der Waals surface area contributed by atoms with Crippen molar-refractivity contribution in [2.75, 3.05) is 19.7 Å². The summed E-state index contributed by atoms with van der Waals surface area (Å²) in [4.78, 5) is 12.7. The van der Waals surface area contributed by atoms with E-state index in [2.05, 4.69) is 11.0 Å². The Labute approximate surface area is 178 Å². The van der Waals surface area contributed by atoms with E-state index < -0.39 is 22.2 Å². The van der Waals surface area contributed by atoms with Gasteiger partial charge in [0.1, 0.15) is 34.2 Å². The fourth-order valence-electron chi connectivity index (χ4n) is 2.72. The van der Waals surface area contributed by atoms with Crippen LogP contribution in [0.4, 0.5) is 4.79 Å². The van der Waals surface area contributed by atoms with Crippen molar-refractivity contribution in [1.82, 2.24) is 4.90 Å². The number of rotatable bonds is 6. The number of hydrogen-bond donors (Lipinski definition) is 1. The smallest absolute Gasteiger partial charge is 0.407 e. The van der Waals surface area contributed by atoms with Crippen LogP contribution in [0.15, 0.2) is 29.2 Å². The minimum absolute atomic E-state index is 0.231. The van der Waals surface area contributed by atoms with Crippen LogP contribution in [0.3, 0.4) is 0 Å². The fourth-order valence-corrected chi connectivity index (χ4v) is 3.74. The van der Waals surface area contributed by atoms with Crippen molar-refractivity contribution < 1.29 is 19.2 Å². The van der Waals surface area contributed by atoms with Crippen molar-refractivity contribution in [2.45, 2.75) is 31.9 Å². The molecule has 1 saturated heterocycles. The molecule has 1 amide bonds. The maximum absolute atomic E-state index is 12.8. The van der Waals surface area contributed by atoms with Gasteiger partial charge >= 0.3 is 6.09 Å². The largest absolute Gasteiger partial charge is 0.591 e. The Morgan fingerprint density at radius 1 is 1.46 bits per heavy atom. The molecule has 2 atom stereocenters. The summed E-state index contributed by atoms with van der Waals surface area (Å²) < 4.78 is 22.4. The van der Waals surface area contributed by atoms with Crippen LogP contribution in [-0.4, -0.2) is 50.8 Å². The molecule has 1 unspecified atom stereocenters. The third-order valence-corrected chi connectivity index (χ3v) is 6.34. The summed E-state index contributed by atoms with van der Waals surface area (Å²) in [6, 6.07) is 3.21. The Kier molecular flexibility index (Phi) is 7.67.